The molecular formula is C14H18N2O. The van der Waals surface area contributed by atoms with E-state index in [4.69, 9.17) is 4.74 Å². The Hall–Kier alpha value is -1.77. The van der Waals surface area contributed by atoms with Crippen LogP contribution in [0, 0.1) is 13.8 Å². The molecule has 2 rings (SSSR count). The first-order chi connectivity index (χ1) is 8.15. The molecule has 0 amide bonds. The van der Waals surface area contributed by atoms with Crippen molar-refractivity contribution in [3.63, 3.8) is 0 Å². The van der Waals surface area contributed by atoms with Gasteiger partial charge in [0.15, 0.2) is 0 Å². The second-order valence-corrected chi connectivity index (χ2v) is 4.39. The molecule has 3 nitrogen and oxygen atoms in total. The lowest BCUT2D eigenvalue weighted by Gasteiger charge is -2.08. The van der Waals surface area contributed by atoms with Crippen LogP contribution in [0.2, 0.25) is 0 Å². The second-order valence-electron chi connectivity index (χ2n) is 4.39. The molecule has 0 aliphatic rings. The van der Waals surface area contributed by atoms with E-state index in [0.717, 1.165) is 12.2 Å². The highest BCUT2D eigenvalue weighted by Crippen LogP contribution is 2.18. The Morgan fingerprint density at radius 2 is 2.12 bits per heavy atom. The van der Waals surface area contributed by atoms with Crippen LogP contribution >= 0.6 is 0 Å². The highest BCUT2D eigenvalue weighted by atomic mass is 16.5. The Morgan fingerprint density at radius 1 is 1.29 bits per heavy atom. The van der Waals surface area contributed by atoms with Crippen molar-refractivity contribution in [2.75, 3.05) is 6.61 Å². The lowest BCUT2D eigenvalue weighted by Crippen LogP contribution is -2.02. The molecule has 1 aromatic heterocycles. The van der Waals surface area contributed by atoms with Gasteiger partial charge in [-0.05, 0) is 31.0 Å². The van der Waals surface area contributed by atoms with Crippen LogP contribution in [0.25, 0.3) is 0 Å². The van der Waals surface area contributed by atoms with Crippen LogP contribution in [-0.2, 0) is 13.5 Å². The number of hydrogen-bond donors (Lipinski definition) is 0. The summed E-state index contributed by atoms with van der Waals surface area (Å²) in [5.74, 6) is 0.972. The summed E-state index contributed by atoms with van der Waals surface area (Å²) in [7, 11) is 1.93. The standard InChI is InChI=1S/C14H18N2O/c1-11-4-5-14(12(2)8-11)17-7-6-13-9-15-16(3)10-13/h4-5,8-10H,6-7H2,1-3H3. The van der Waals surface area contributed by atoms with E-state index in [2.05, 4.69) is 31.1 Å². The van der Waals surface area contributed by atoms with E-state index >= 15 is 0 Å². The van der Waals surface area contributed by atoms with Crippen LogP contribution in [0.15, 0.2) is 30.6 Å². The van der Waals surface area contributed by atoms with Crippen molar-refractivity contribution in [2.45, 2.75) is 20.3 Å². The molecule has 1 heterocycles. The third-order valence-electron chi connectivity index (χ3n) is 2.74. The Labute approximate surface area is 102 Å². The van der Waals surface area contributed by atoms with Gasteiger partial charge in [0.1, 0.15) is 5.75 Å². The molecule has 90 valence electrons. The summed E-state index contributed by atoms with van der Waals surface area (Å²) in [4.78, 5) is 0. The number of hydrogen-bond acceptors (Lipinski definition) is 2. The SMILES string of the molecule is Cc1ccc(OCCc2cnn(C)c2)c(C)c1. The third-order valence-corrected chi connectivity index (χ3v) is 2.74. The molecule has 0 fully saturated rings. The van der Waals surface area contributed by atoms with Crippen molar-refractivity contribution in [3.05, 3.63) is 47.3 Å². The summed E-state index contributed by atoms with van der Waals surface area (Å²) < 4.78 is 7.58. The van der Waals surface area contributed by atoms with Crippen molar-refractivity contribution in [2.24, 2.45) is 7.05 Å². The predicted molar refractivity (Wildman–Crippen MR) is 68.3 cm³/mol. The van der Waals surface area contributed by atoms with E-state index in [1.807, 2.05) is 30.2 Å². The van der Waals surface area contributed by atoms with E-state index in [-0.39, 0.29) is 0 Å². The van der Waals surface area contributed by atoms with Gasteiger partial charge in [0.2, 0.25) is 0 Å². The predicted octanol–water partition coefficient (Wildman–Crippen LogP) is 2.66. The first kappa shape index (κ1) is 11.7. The fourth-order valence-electron chi connectivity index (χ4n) is 1.84. The van der Waals surface area contributed by atoms with Gasteiger partial charge in [0.25, 0.3) is 0 Å². The van der Waals surface area contributed by atoms with E-state index in [0.29, 0.717) is 6.61 Å². The number of aryl methyl sites for hydroxylation is 3. The normalized spacial score (nSPS) is 10.5. The lowest BCUT2D eigenvalue weighted by molar-refractivity contribution is 0.319. The first-order valence-corrected chi connectivity index (χ1v) is 5.83. The number of ether oxygens (including phenoxy) is 1. The summed E-state index contributed by atoms with van der Waals surface area (Å²) in [5, 5.41) is 4.13. The minimum Gasteiger partial charge on any atom is -0.493 e. The van der Waals surface area contributed by atoms with E-state index in [1.54, 1.807) is 0 Å². The zero-order chi connectivity index (χ0) is 12.3. The molecule has 1 aromatic carbocycles. The summed E-state index contributed by atoms with van der Waals surface area (Å²) >= 11 is 0. The average Bonchev–Trinajstić information content (AvgIpc) is 2.68. The monoisotopic (exact) mass is 230 g/mol. The van der Waals surface area contributed by atoms with Crippen LogP contribution in [0.5, 0.6) is 5.75 Å². The van der Waals surface area contributed by atoms with Crippen LogP contribution in [0.1, 0.15) is 16.7 Å². The van der Waals surface area contributed by atoms with Crippen LogP contribution < -0.4 is 4.74 Å². The molecule has 0 saturated carbocycles. The molecular weight excluding hydrogens is 212 g/mol. The molecule has 2 aromatic rings. The minimum atomic E-state index is 0.690. The van der Waals surface area contributed by atoms with Gasteiger partial charge in [0.05, 0.1) is 12.8 Å². The molecule has 17 heavy (non-hydrogen) atoms. The van der Waals surface area contributed by atoms with Gasteiger partial charge < -0.3 is 4.74 Å². The summed E-state index contributed by atoms with van der Waals surface area (Å²) in [6, 6.07) is 6.25. The second kappa shape index (κ2) is 5.04. The highest BCUT2D eigenvalue weighted by Gasteiger charge is 2.01. The van der Waals surface area contributed by atoms with Gasteiger partial charge in [-0.3, -0.25) is 4.68 Å². The zero-order valence-corrected chi connectivity index (χ0v) is 10.6. The fourth-order valence-corrected chi connectivity index (χ4v) is 1.84. The molecule has 0 aliphatic carbocycles. The van der Waals surface area contributed by atoms with Crippen molar-refractivity contribution in [3.8, 4) is 5.75 Å². The summed E-state index contributed by atoms with van der Waals surface area (Å²) in [5.41, 5.74) is 3.66. The van der Waals surface area contributed by atoms with Gasteiger partial charge in [-0.15, -0.1) is 0 Å². The molecule has 0 spiro atoms. The molecule has 0 radical (unpaired) electrons. The smallest absolute Gasteiger partial charge is 0.122 e. The molecule has 0 aliphatic heterocycles. The van der Waals surface area contributed by atoms with Gasteiger partial charge in [-0.25, -0.2) is 0 Å². The summed E-state index contributed by atoms with van der Waals surface area (Å²) in [6.45, 7) is 4.86. The molecule has 0 N–H and O–H groups in total. The fraction of sp³-hybridized carbons (Fsp3) is 0.357. The van der Waals surface area contributed by atoms with Crippen molar-refractivity contribution in [1.29, 1.82) is 0 Å². The third kappa shape index (κ3) is 3.09. The largest absolute Gasteiger partial charge is 0.493 e. The van der Waals surface area contributed by atoms with Crippen molar-refractivity contribution < 1.29 is 4.74 Å². The van der Waals surface area contributed by atoms with Crippen LogP contribution in [-0.4, -0.2) is 16.4 Å². The van der Waals surface area contributed by atoms with Crippen molar-refractivity contribution in [1.82, 2.24) is 9.78 Å². The Balaban J connectivity index is 1.90. The molecule has 0 bridgehead atoms. The highest BCUT2D eigenvalue weighted by molar-refractivity contribution is 5.35. The Kier molecular flexibility index (Phi) is 3.47. The number of nitrogens with zero attached hydrogens (tertiary/aromatic N) is 2. The van der Waals surface area contributed by atoms with E-state index < -0.39 is 0 Å². The number of aromatic nitrogens is 2. The topological polar surface area (TPSA) is 27.1 Å². The number of rotatable bonds is 4. The first-order valence-electron chi connectivity index (χ1n) is 5.83. The Morgan fingerprint density at radius 3 is 2.76 bits per heavy atom. The maximum atomic E-state index is 5.77. The number of benzene rings is 1. The van der Waals surface area contributed by atoms with Crippen LogP contribution in [0.3, 0.4) is 0 Å². The minimum absolute atomic E-state index is 0.690. The molecule has 0 saturated heterocycles. The molecule has 0 unspecified atom stereocenters. The average molecular weight is 230 g/mol. The van der Waals surface area contributed by atoms with Crippen LogP contribution in [0.4, 0.5) is 0 Å². The van der Waals surface area contributed by atoms with Gasteiger partial charge >= 0.3 is 0 Å². The Bertz CT molecular complexity index is 503. The maximum Gasteiger partial charge on any atom is 0.122 e. The van der Waals surface area contributed by atoms with E-state index in [9.17, 15) is 0 Å². The van der Waals surface area contributed by atoms with E-state index in [1.165, 1.54) is 16.7 Å². The lowest BCUT2D eigenvalue weighted by atomic mass is 10.1. The van der Waals surface area contributed by atoms with Gasteiger partial charge in [0, 0.05) is 19.7 Å². The molecule has 0 atom stereocenters. The maximum absolute atomic E-state index is 5.77. The summed E-state index contributed by atoms with van der Waals surface area (Å²) in [6.07, 6.45) is 4.79. The quantitative estimate of drug-likeness (QED) is 0.807. The van der Waals surface area contributed by atoms with Gasteiger partial charge in [-0.1, -0.05) is 17.7 Å². The van der Waals surface area contributed by atoms with Gasteiger partial charge in [-0.2, -0.15) is 5.10 Å². The zero-order valence-electron chi connectivity index (χ0n) is 10.6. The molecule has 3 heteroatoms. The van der Waals surface area contributed by atoms with Crippen molar-refractivity contribution >= 4 is 0 Å².